The minimum atomic E-state index is -0.510. The summed E-state index contributed by atoms with van der Waals surface area (Å²) in [7, 11) is 0. The van der Waals surface area contributed by atoms with Gasteiger partial charge in [0, 0.05) is 62.9 Å². The fourth-order valence-electron chi connectivity index (χ4n) is 10.9. The smallest absolute Gasteiger partial charge is 0.137 e. The van der Waals surface area contributed by atoms with Gasteiger partial charge >= 0.3 is 0 Å². The Hall–Kier alpha value is -8.09. The third-order valence-electron chi connectivity index (χ3n) is 15.1. The number of anilines is 4. The summed E-state index contributed by atoms with van der Waals surface area (Å²) in [5.41, 5.74) is 12.3. The summed E-state index contributed by atoms with van der Waals surface area (Å²) in [6.45, 7) is 27.3. The Morgan fingerprint density at radius 3 is 1.66 bits per heavy atom. The molecule has 1 aliphatic heterocycles. The van der Waals surface area contributed by atoms with Gasteiger partial charge in [-0.05, 0) is 110 Å². The molecule has 0 unspecified atom stereocenters. The van der Waals surface area contributed by atoms with Gasteiger partial charge in [0.1, 0.15) is 24.0 Å². The van der Waals surface area contributed by atoms with Crippen LogP contribution in [0.5, 0.6) is 11.5 Å². The number of rotatable bonds is 7. The van der Waals surface area contributed by atoms with Gasteiger partial charge in [0.25, 0.3) is 0 Å². The van der Waals surface area contributed by atoms with Gasteiger partial charge in [0.15, 0.2) is 0 Å². The van der Waals surface area contributed by atoms with Crippen LogP contribution in [-0.4, -0.2) is 20.8 Å². The molecule has 0 spiro atoms. The molecule has 12 rings (SSSR count). The van der Waals surface area contributed by atoms with Crippen molar-refractivity contribution in [2.75, 3.05) is 16.5 Å². The first kappa shape index (κ1) is 40.3. The van der Waals surface area contributed by atoms with Crippen LogP contribution in [0.2, 0.25) is 0 Å². The van der Waals surface area contributed by atoms with Crippen LogP contribution in [0.1, 0.15) is 116 Å². The van der Waals surface area contributed by atoms with Crippen LogP contribution in [0.25, 0.3) is 66.2 Å². The van der Waals surface area contributed by atoms with Crippen LogP contribution >= 0.6 is 0 Å². The van der Waals surface area contributed by atoms with E-state index in [1.165, 1.54) is 16.7 Å². The van der Waals surface area contributed by atoms with E-state index in [1.54, 1.807) is 4.57 Å². The molecule has 0 saturated heterocycles. The predicted molar refractivity (Wildman–Crippen MR) is 322 cm³/mol. The summed E-state index contributed by atoms with van der Waals surface area (Å²) in [6, 6.07) is 42.3. The van der Waals surface area contributed by atoms with E-state index in [4.69, 9.17) is 15.2 Å². The summed E-state index contributed by atoms with van der Waals surface area (Å²) in [4.78, 5) is 9.94. The zero-order chi connectivity index (χ0) is 60.0. The number of ether oxygens (including phenoxy) is 1. The van der Waals surface area contributed by atoms with Gasteiger partial charge in [-0.25, -0.2) is 4.98 Å². The Kier molecular flexibility index (Phi) is 9.41. The quantitative estimate of drug-likeness (QED) is 0.159. The van der Waals surface area contributed by atoms with Gasteiger partial charge in [-0.1, -0.05) is 186 Å². The molecule has 1 aliphatic rings. The number of pyridine rings is 1. The normalized spacial score (nSPS) is 14.9. The van der Waals surface area contributed by atoms with Crippen LogP contribution < -0.4 is 14.5 Å². The largest absolute Gasteiger partial charge is 0.457 e. The minimum absolute atomic E-state index is 0.00941. The second kappa shape index (κ2) is 17.8. The molecule has 6 heteroatoms. The van der Waals surface area contributed by atoms with Crippen molar-refractivity contribution in [3.63, 3.8) is 0 Å². The van der Waals surface area contributed by atoms with E-state index in [9.17, 15) is 5.48 Å². The number of aromatic nitrogens is 3. The molecule has 4 heterocycles. The minimum Gasteiger partial charge on any atom is -0.457 e. The van der Waals surface area contributed by atoms with E-state index in [1.807, 2.05) is 60.8 Å². The van der Waals surface area contributed by atoms with Gasteiger partial charge in [0.05, 0.1) is 50.1 Å². The molecule has 3 aromatic heterocycles. The molecule has 0 N–H and O–H groups in total. The van der Waals surface area contributed by atoms with E-state index in [0.29, 0.717) is 40.6 Å². The van der Waals surface area contributed by atoms with Crippen molar-refractivity contribution in [3.8, 4) is 34.1 Å². The first-order valence-corrected chi connectivity index (χ1v) is 26.3. The average molecular weight is 1000 g/mol. The fourth-order valence-corrected chi connectivity index (χ4v) is 10.9. The Morgan fingerprint density at radius 1 is 0.447 bits per heavy atom. The van der Waals surface area contributed by atoms with Gasteiger partial charge in [-0.15, -0.1) is 0 Å². The molecule has 0 aliphatic carbocycles. The van der Waals surface area contributed by atoms with E-state index in [0.717, 1.165) is 50.3 Å². The Labute approximate surface area is 460 Å². The third-order valence-corrected chi connectivity index (χ3v) is 15.1. The summed E-state index contributed by atoms with van der Waals surface area (Å²) < 4.78 is 84.4. The standard InChI is InChI=1S/C70H69N5O/c1-67(2,3)46-34-32-45(33-35-46)56-43-71-65(42-57(56)70(10,11)12)75-60-29-18-15-26-55(60)66-63(74-58-27-16-13-24-53(58)54-25-14-17-28-59(54)74)40-52(41-64(66)75)76-51-23-21-22-49(39-51)72-44-73(62-31-20-19-30-61(62)72)50-37-47(68(4,5)6)36-48(38-50)69(7,8)9/h13-43H,44H2,1-12H3/i13D,14D,16D,17D,24D,25D,27D,28D. The zero-order valence-corrected chi connectivity index (χ0v) is 45.6. The lowest BCUT2D eigenvalue weighted by molar-refractivity contribution is 0.483. The van der Waals surface area contributed by atoms with Crippen molar-refractivity contribution in [2.24, 2.45) is 0 Å². The maximum absolute atomic E-state index is 9.57. The molecule has 11 aromatic rings. The van der Waals surface area contributed by atoms with Crippen LogP contribution in [0.3, 0.4) is 0 Å². The molecule has 6 nitrogen and oxygen atoms in total. The Bertz CT molecular complexity index is 4420. The second-order valence-corrected chi connectivity index (χ2v) is 24.5. The van der Waals surface area contributed by atoms with Crippen LogP contribution in [-0.2, 0) is 21.7 Å². The van der Waals surface area contributed by atoms with Crippen LogP contribution in [0.4, 0.5) is 22.7 Å². The number of hydrogen-bond acceptors (Lipinski definition) is 4. The third kappa shape index (κ3) is 8.48. The molecule has 0 bridgehead atoms. The molecular weight excluding hydrogens is 927 g/mol. The SMILES string of the molecule is [2H]c1c([2H])c([2H])c2c(c1[2H])c1c([2H])c([2H])c([2H])c([2H])c1n2-c1cc(Oc2cccc(N3CN(c4cc(C(C)(C)C)cc(C(C)(C)C)c4)c4ccccc43)c2)cc2c1c1ccccc1n2-c1cc(C(C)(C)C)c(-c2ccc(C(C)(C)C)cc2)cn1. The Balaban J connectivity index is 1.09. The topological polar surface area (TPSA) is 38.5 Å². The lowest BCUT2D eigenvalue weighted by atomic mass is 9.80. The second-order valence-electron chi connectivity index (χ2n) is 24.5. The summed E-state index contributed by atoms with van der Waals surface area (Å²) >= 11 is 0. The molecule has 8 aromatic carbocycles. The van der Waals surface area contributed by atoms with Crippen molar-refractivity contribution in [2.45, 2.75) is 105 Å². The van der Waals surface area contributed by atoms with Crippen molar-refractivity contribution in [3.05, 3.63) is 210 Å². The molecular formula is C70H69N5O. The monoisotopic (exact) mass is 1000 g/mol. The van der Waals surface area contributed by atoms with E-state index < -0.39 is 48.3 Å². The molecule has 0 radical (unpaired) electrons. The number of hydrogen-bond donors (Lipinski definition) is 0. The molecule has 0 atom stereocenters. The van der Waals surface area contributed by atoms with Gasteiger partial charge in [-0.3, -0.25) is 4.57 Å². The average Bonchev–Trinajstić information content (AvgIpc) is 1.76. The molecule has 0 saturated carbocycles. The fraction of sp³-hybridized carbons (Fsp3) is 0.243. The summed E-state index contributed by atoms with van der Waals surface area (Å²) in [6.07, 6.45) is 1.94. The van der Waals surface area contributed by atoms with Crippen molar-refractivity contribution in [1.29, 1.82) is 0 Å². The highest BCUT2D eigenvalue weighted by Crippen LogP contribution is 2.48. The van der Waals surface area contributed by atoms with Gasteiger partial charge in [0.2, 0.25) is 0 Å². The predicted octanol–water partition coefficient (Wildman–Crippen LogP) is 19.2. The first-order chi connectivity index (χ1) is 39.5. The molecule has 380 valence electrons. The highest BCUT2D eigenvalue weighted by Gasteiger charge is 2.31. The lowest BCUT2D eigenvalue weighted by Gasteiger charge is -2.29. The van der Waals surface area contributed by atoms with Crippen LogP contribution in [0, 0.1) is 0 Å². The maximum Gasteiger partial charge on any atom is 0.137 e. The first-order valence-electron chi connectivity index (χ1n) is 30.3. The number of nitrogens with zero attached hydrogens (tertiary/aromatic N) is 5. The van der Waals surface area contributed by atoms with E-state index >= 15 is 0 Å². The lowest BCUT2D eigenvalue weighted by Crippen LogP contribution is -2.25. The van der Waals surface area contributed by atoms with Crippen molar-refractivity contribution >= 4 is 66.4 Å². The maximum atomic E-state index is 9.57. The highest BCUT2D eigenvalue weighted by atomic mass is 16.5. The van der Waals surface area contributed by atoms with Crippen LogP contribution in [0.15, 0.2) is 188 Å². The summed E-state index contributed by atoms with van der Waals surface area (Å²) in [5, 5.41) is 1.39. The van der Waals surface area contributed by atoms with Gasteiger partial charge < -0.3 is 19.1 Å². The molecule has 0 fully saturated rings. The Morgan fingerprint density at radius 2 is 1.04 bits per heavy atom. The number of fused-ring (bicyclic) bond motifs is 7. The molecule has 76 heavy (non-hydrogen) atoms. The molecule has 0 amide bonds. The number of benzene rings is 8. The van der Waals surface area contributed by atoms with Crippen molar-refractivity contribution < 1.29 is 15.7 Å². The number of para-hydroxylation sites is 5. The van der Waals surface area contributed by atoms with E-state index in [2.05, 4.69) is 176 Å². The van der Waals surface area contributed by atoms with Crippen molar-refractivity contribution in [1.82, 2.24) is 14.1 Å². The zero-order valence-electron chi connectivity index (χ0n) is 53.6. The van der Waals surface area contributed by atoms with Gasteiger partial charge in [-0.2, -0.15) is 0 Å². The van der Waals surface area contributed by atoms with E-state index in [-0.39, 0.29) is 43.5 Å². The highest BCUT2D eigenvalue weighted by molar-refractivity contribution is 6.17. The summed E-state index contributed by atoms with van der Waals surface area (Å²) in [5.74, 6) is 1.50.